The Kier molecular flexibility index (Phi) is 6.82. The summed E-state index contributed by atoms with van der Waals surface area (Å²) in [6.07, 6.45) is -4.88. The Bertz CT molecular complexity index is 963. The third-order valence-electron chi connectivity index (χ3n) is 3.76. The first-order valence-corrected chi connectivity index (χ1v) is 8.98. The molecule has 0 fully saturated rings. The van der Waals surface area contributed by atoms with Gasteiger partial charge in [-0.2, -0.15) is 13.2 Å². The van der Waals surface area contributed by atoms with Crippen molar-refractivity contribution in [1.29, 1.82) is 0 Å². The maximum Gasteiger partial charge on any atom is 0.418 e. The summed E-state index contributed by atoms with van der Waals surface area (Å²) in [7, 11) is 0. The minimum Gasteiger partial charge on any atom is -0.333 e. The Hall–Kier alpha value is -2.30. The molecule has 0 unspecified atom stereocenters. The van der Waals surface area contributed by atoms with Crippen molar-refractivity contribution in [2.45, 2.75) is 19.5 Å². The van der Waals surface area contributed by atoms with Crippen molar-refractivity contribution in [3.8, 4) is 0 Å². The number of non-ortho nitro benzene ring substituents is 1. The molecule has 13 heteroatoms. The summed E-state index contributed by atoms with van der Waals surface area (Å²) >= 11 is 18.1. The second kappa shape index (κ2) is 8.60. The molecule has 0 aliphatic heterocycles. The van der Waals surface area contributed by atoms with Crippen LogP contribution in [0.4, 0.5) is 35.9 Å². The molecular weight excluding hydrogens is 462 g/mol. The van der Waals surface area contributed by atoms with Crippen molar-refractivity contribution < 1.29 is 23.0 Å². The lowest BCUT2D eigenvalue weighted by atomic mass is 10.1. The van der Waals surface area contributed by atoms with E-state index in [0.29, 0.717) is 6.07 Å². The van der Waals surface area contributed by atoms with Gasteiger partial charge < -0.3 is 4.90 Å². The Labute approximate surface area is 176 Å². The van der Waals surface area contributed by atoms with Gasteiger partial charge in [-0.3, -0.25) is 20.2 Å². The topological polar surface area (TPSA) is 89.5 Å². The van der Waals surface area contributed by atoms with Gasteiger partial charge in [0, 0.05) is 17.6 Å². The summed E-state index contributed by atoms with van der Waals surface area (Å²) in [6.45, 7) is 1.47. The smallest absolute Gasteiger partial charge is 0.333 e. The number of hydrogen-bond donors (Lipinski definition) is 0. The predicted molar refractivity (Wildman–Crippen MR) is 104 cm³/mol. The number of rotatable bonds is 6. The normalized spacial score (nSPS) is 11.4. The van der Waals surface area contributed by atoms with Crippen LogP contribution in [0.3, 0.4) is 0 Å². The molecule has 0 N–H and O–H groups in total. The number of halogens is 6. The van der Waals surface area contributed by atoms with Crippen LogP contribution in [-0.4, -0.2) is 16.4 Å². The van der Waals surface area contributed by atoms with Crippen LogP contribution in [0, 0.1) is 20.2 Å². The van der Waals surface area contributed by atoms with Gasteiger partial charge in [-0.15, -0.1) is 0 Å². The van der Waals surface area contributed by atoms with Crippen LogP contribution in [0.1, 0.15) is 18.9 Å². The lowest BCUT2D eigenvalue weighted by molar-refractivity contribution is -0.394. The van der Waals surface area contributed by atoms with Crippen LogP contribution in [0.5, 0.6) is 0 Å². The van der Waals surface area contributed by atoms with Crippen LogP contribution in [0.25, 0.3) is 0 Å². The third-order valence-corrected chi connectivity index (χ3v) is 4.55. The van der Waals surface area contributed by atoms with Crippen molar-refractivity contribution in [3.05, 3.63) is 65.1 Å². The van der Waals surface area contributed by atoms with Crippen molar-refractivity contribution in [3.63, 3.8) is 0 Å². The third kappa shape index (κ3) is 4.82. The van der Waals surface area contributed by atoms with Gasteiger partial charge in [0.2, 0.25) is 0 Å². The highest BCUT2D eigenvalue weighted by molar-refractivity contribution is 6.42. The fourth-order valence-electron chi connectivity index (χ4n) is 2.70. The van der Waals surface area contributed by atoms with Crippen LogP contribution in [-0.2, 0) is 6.18 Å². The van der Waals surface area contributed by atoms with Crippen LogP contribution >= 0.6 is 34.8 Å². The molecule has 0 atom stereocenters. The molecule has 2 aromatic carbocycles. The second-order valence-corrected chi connectivity index (χ2v) is 6.99. The van der Waals surface area contributed by atoms with Crippen molar-refractivity contribution >= 4 is 57.6 Å². The number of hydrogen-bond acceptors (Lipinski definition) is 5. The summed E-state index contributed by atoms with van der Waals surface area (Å²) in [5.41, 5.74) is -4.78. The monoisotopic (exact) mass is 471 g/mol. The summed E-state index contributed by atoms with van der Waals surface area (Å²) in [6, 6.07) is 3.14. The minimum atomic E-state index is -5.14. The van der Waals surface area contributed by atoms with E-state index in [2.05, 4.69) is 0 Å². The first-order valence-electron chi connectivity index (χ1n) is 7.84. The quantitative estimate of drug-likeness (QED) is 0.332. The predicted octanol–water partition coefficient (Wildman–Crippen LogP) is 7.03. The summed E-state index contributed by atoms with van der Waals surface area (Å²) in [5.74, 6) is 0. The maximum absolute atomic E-state index is 13.8. The second-order valence-electron chi connectivity index (χ2n) is 5.74. The van der Waals surface area contributed by atoms with E-state index in [9.17, 15) is 33.4 Å². The van der Waals surface area contributed by atoms with Crippen LogP contribution in [0.15, 0.2) is 24.3 Å². The average molecular weight is 473 g/mol. The standard InChI is InChI=1S/C16H11Cl3F3N3O4/c1-2-3-23(15-11(18)4-8(17)5-12(15)19)14-10(16(20,21)22)6-9(24(26)27)7-13(14)25(28)29/h4-7H,2-3H2,1H3. The van der Waals surface area contributed by atoms with Gasteiger partial charge >= 0.3 is 6.18 Å². The zero-order chi connectivity index (χ0) is 22.1. The van der Waals surface area contributed by atoms with Crippen molar-refractivity contribution in [1.82, 2.24) is 0 Å². The highest BCUT2D eigenvalue weighted by atomic mass is 35.5. The van der Waals surface area contributed by atoms with Crippen LogP contribution in [0.2, 0.25) is 15.1 Å². The lowest BCUT2D eigenvalue weighted by Crippen LogP contribution is -2.24. The van der Waals surface area contributed by atoms with Gasteiger partial charge in [0.05, 0.1) is 37.2 Å². The fourth-order valence-corrected chi connectivity index (χ4v) is 3.72. The molecule has 7 nitrogen and oxygen atoms in total. The van der Waals surface area contributed by atoms with Crippen molar-refractivity contribution in [2.24, 2.45) is 0 Å². The van der Waals surface area contributed by atoms with Gasteiger partial charge in [-0.05, 0) is 18.6 Å². The molecule has 0 aromatic heterocycles. The number of anilines is 2. The van der Waals surface area contributed by atoms with Crippen molar-refractivity contribution in [2.75, 3.05) is 11.4 Å². The molecule has 29 heavy (non-hydrogen) atoms. The van der Waals surface area contributed by atoms with E-state index in [-0.39, 0.29) is 39.8 Å². The number of benzene rings is 2. The Morgan fingerprint density at radius 3 is 1.93 bits per heavy atom. The molecule has 2 aromatic rings. The molecule has 0 bridgehead atoms. The lowest BCUT2D eigenvalue weighted by Gasteiger charge is -2.28. The van der Waals surface area contributed by atoms with E-state index < -0.39 is 38.6 Å². The van der Waals surface area contributed by atoms with E-state index in [0.717, 1.165) is 4.90 Å². The molecule has 0 radical (unpaired) electrons. The van der Waals surface area contributed by atoms with E-state index in [4.69, 9.17) is 34.8 Å². The molecule has 156 valence electrons. The van der Waals surface area contributed by atoms with Gasteiger partial charge in [-0.25, -0.2) is 0 Å². The van der Waals surface area contributed by atoms with E-state index in [1.54, 1.807) is 6.92 Å². The van der Waals surface area contributed by atoms with E-state index in [1.165, 1.54) is 12.1 Å². The molecule has 0 aliphatic rings. The van der Waals surface area contributed by atoms with E-state index >= 15 is 0 Å². The summed E-state index contributed by atoms with van der Waals surface area (Å²) in [4.78, 5) is 21.2. The fraction of sp³-hybridized carbons (Fsp3) is 0.250. The Balaban J connectivity index is 2.98. The SMILES string of the molecule is CCCN(c1c(Cl)cc(Cl)cc1Cl)c1c([N+](=O)[O-])cc([N+](=O)[O-])cc1C(F)(F)F. The van der Waals surface area contributed by atoms with Gasteiger partial charge in [0.25, 0.3) is 11.4 Å². The molecule has 0 heterocycles. The molecule has 0 aliphatic carbocycles. The number of nitro groups is 2. The Morgan fingerprint density at radius 2 is 1.52 bits per heavy atom. The molecule has 0 saturated carbocycles. The summed E-state index contributed by atoms with van der Waals surface area (Å²) in [5, 5.41) is 22.4. The highest BCUT2D eigenvalue weighted by Gasteiger charge is 2.42. The molecular formula is C16H11Cl3F3N3O4. The molecule has 0 saturated heterocycles. The van der Waals surface area contributed by atoms with E-state index in [1.807, 2.05) is 0 Å². The molecule has 0 spiro atoms. The minimum absolute atomic E-state index is 0.106. The van der Waals surface area contributed by atoms with Gasteiger partial charge in [-0.1, -0.05) is 41.7 Å². The summed E-state index contributed by atoms with van der Waals surface area (Å²) < 4.78 is 41.3. The number of nitrogens with zero attached hydrogens (tertiary/aromatic N) is 3. The van der Waals surface area contributed by atoms with Gasteiger partial charge in [0.15, 0.2) is 0 Å². The molecule has 0 amide bonds. The maximum atomic E-state index is 13.8. The first-order chi connectivity index (χ1) is 13.4. The first kappa shape index (κ1) is 23.0. The molecule has 2 rings (SSSR count). The highest BCUT2D eigenvalue weighted by Crippen LogP contribution is 2.49. The zero-order valence-corrected chi connectivity index (χ0v) is 16.7. The number of nitro benzene ring substituents is 2. The Morgan fingerprint density at radius 1 is 0.966 bits per heavy atom. The zero-order valence-electron chi connectivity index (χ0n) is 14.5. The largest absolute Gasteiger partial charge is 0.418 e. The van der Waals surface area contributed by atoms with Crippen LogP contribution < -0.4 is 4.90 Å². The van der Waals surface area contributed by atoms with Gasteiger partial charge in [0.1, 0.15) is 5.69 Å². The average Bonchev–Trinajstić information content (AvgIpc) is 2.58. The number of alkyl halides is 3.